The van der Waals surface area contributed by atoms with Gasteiger partial charge in [0.1, 0.15) is 17.9 Å². The summed E-state index contributed by atoms with van der Waals surface area (Å²) in [5.41, 5.74) is 1.10. The van der Waals surface area contributed by atoms with E-state index in [1.807, 2.05) is 0 Å². The fourth-order valence-electron chi connectivity index (χ4n) is 1.14. The minimum atomic E-state index is -0.454. The lowest BCUT2D eigenvalue weighted by Crippen LogP contribution is -1.92. The third-order valence-corrected chi connectivity index (χ3v) is 1.90. The molecular formula is C10H11FO2. The number of hydrogen-bond donors (Lipinski definition) is 1. The van der Waals surface area contributed by atoms with E-state index in [-0.39, 0.29) is 5.75 Å². The van der Waals surface area contributed by atoms with Crippen LogP contribution in [-0.2, 0) is 11.2 Å². The van der Waals surface area contributed by atoms with E-state index in [1.165, 1.54) is 0 Å². The van der Waals surface area contributed by atoms with E-state index < -0.39 is 5.82 Å². The topological polar surface area (TPSA) is 37.3 Å². The van der Waals surface area contributed by atoms with Crippen molar-refractivity contribution < 1.29 is 14.3 Å². The van der Waals surface area contributed by atoms with Crippen molar-refractivity contribution in [3.05, 3.63) is 29.1 Å². The van der Waals surface area contributed by atoms with Crippen LogP contribution >= 0.6 is 0 Å². The smallest absolute Gasteiger partial charge is 0.130 e. The minimum Gasteiger partial charge on any atom is -0.508 e. The van der Waals surface area contributed by atoms with Gasteiger partial charge >= 0.3 is 0 Å². The van der Waals surface area contributed by atoms with Gasteiger partial charge in [-0.1, -0.05) is 0 Å². The molecule has 0 aliphatic heterocycles. The van der Waals surface area contributed by atoms with Gasteiger partial charge in [-0.3, -0.25) is 0 Å². The van der Waals surface area contributed by atoms with Gasteiger partial charge in [-0.15, -0.1) is 0 Å². The van der Waals surface area contributed by atoms with Gasteiger partial charge in [-0.05, 0) is 30.5 Å². The van der Waals surface area contributed by atoms with Gasteiger partial charge in [0, 0.05) is 12.5 Å². The average Bonchev–Trinajstić information content (AvgIpc) is 2.09. The highest BCUT2D eigenvalue weighted by Gasteiger charge is 2.05. The number of hydrogen-bond acceptors (Lipinski definition) is 2. The van der Waals surface area contributed by atoms with Crippen molar-refractivity contribution in [2.24, 2.45) is 0 Å². The van der Waals surface area contributed by atoms with E-state index in [0.717, 1.165) is 12.4 Å². The SMILES string of the molecule is Cc1cc(CCC=O)c(F)cc1O. The molecule has 2 nitrogen and oxygen atoms in total. The molecule has 1 aromatic rings. The molecular weight excluding hydrogens is 171 g/mol. The highest BCUT2D eigenvalue weighted by Crippen LogP contribution is 2.21. The van der Waals surface area contributed by atoms with Crippen LogP contribution in [0.2, 0.25) is 0 Å². The number of phenolic OH excluding ortho intramolecular Hbond substituents is 1. The highest BCUT2D eigenvalue weighted by atomic mass is 19.1. The van der Waals surface area contributed by atoms with Gasteiger partial charge in [0.05, 0.1) is 0 Å². The van der Waals surface area contributed by atoms with Crippen LogP contribution in [0.4, 0.5) is 4.39 Å². The molecule has 0 heterocycles. The molecule has 0 aromatic heterocycles. The van der Waals surface area contributed by atoms with E-state index >= 15 is 0 Å². The summed E-state index contributed by atoms with van der Waals surface area (Å²) in [5, 5.41) is 9.14. The zero-order chi connectivity index (χ0) is 9.84. The van der Waals surface area contributed by atoms with E-state index in [9.17, 15) is 9.18 Å². The second-order valence-corrected chi connectivity index (χ2v) is 2.94. The number of benzene rings is 1. The third kappa shape index (κ3) is 2.28. The quantitative estimate of drug-likeness (QED) is 0.725. The maximum absolute atomic E-state index is 13.1. The summed E-state index contributed by atoms with van der Waals surface area (Å²) < 4.78 is 13.1. The van der Waals surface area contributed by atoms with Crippen molar-refractivity contribution in [3.8, 4) is 5.75 Å². The molecule has 13 heavy (non-hydrogen) atoms. The van der Waals surface area contributed by atoms with Crippen LogP contribution < -0.4 is 0 Å². The molecule has 0 aliphatic rings. The molecule has 0 aliphatic carbocycles. The maximum atomic E-state index is 13.1. The zero-order valence-electron chi connectivity index (χ0n) is 7.38. The first-order valence-electron chi connectivity index (χ1n) is 4.06. The standard InChI is InChI=1S/C10H11FO2/c1-7-5-8(3-2-4-12)9(11)6-10(7)13/h4-6,13H,2-3H2,1H3. The first kappa shape index (κ1) is 9.71. The molecule has 0 amide bonds. The van der Waals surface area contributed by atoms with Crippen LogP contribution in [0.15, 0.2) is 12.1 Å². The molecule has 3 heteroatoms. The van der Waals surface area contributed by atoms with Gasteiger partial charge in [0.15, 0.2) is 0 Å². The Labute approximate surface area is 76.0 Å². The van der Waals surface area contributed by atoms with Gasteiger partial charge in [-0.2, -0.15) is 0 Å². The normalized spacial score (nSPS) is 10.0. The Balaban J connectivity index is 2.94. The first-order valence-corrected chi connectivity index (χ1v) is 4.06. The summed E-state index contributed by atoms with van der Waals surface area (Å²) >= 11 is 0. The lowest BCUT2D eigenvalue weighted by molar-refractivity contribution is -0.107. The molecule has 0 radical (unpaired) electrons. The first-order chi connectivity index (χ1) is 6.15. The lowest BCUT2D eigenvalue weighted by atomic mass is 10.1. The largest absolute Gasteiger partial charge is 0.508 e. The van der Waals surface area contributed by atoms with Crippen LogP contribution in [-0.4, -0.2) is 11.4 Å². The number of carbonyl (C=O) groups is 1. The van der Waals surface area contributed by atoms with Gasteiger partial charge in [0.25, 0.3) is 0 Å². The summed E-state index contributed by atoms with van der Waals surface area (Å²) in [5.74, 6) is -0.502. The summed E-state index contributed by atoms with van der Waals surface area (Å²) in [4.78, 5) is 10.1. The number of halogens is 1. The van der Waals surface area contributed by atoms with Crippen molar-refractivity contribution in [1.82, 2.24) is 0 Å². The molecule has 1 rings (SSSR count). The van der Waals surface area contributed by atoms with Crippen LogP contribution in [0.5, 0.6) is 5.75 Å². The predicted octanol–water partition coefficient (Wildman–Crippen LogP) is 1.97. The van der Waals surface area contributed by atoms with Crippen molar-refractivity contribution in [3.63, 3.8) is 0 Å². The molecule has 0 unspecified atom stereocenters. The van der Waals surface area contributed by atoms with Crippen LogP contribution in [0.1, 0.15) is 17.5 Å². The van der Waals surface area contributed by atoms with E-state index in [0.29, 0.717) is 24.0 Å². The molecule has 0 atom stereocenters. The number of aromatic hydroxyl groups is 1. The van der Waals surface area contributed by atoms with E-state index in [4.69, 9.17) is 5.11 Å². The number of aryl methyl sites for hydroxylation is 2. The average molecular weight is 182 g/mol. The summed E-state index contributed by atoms with van der Waals surface area (Å²) in [6.45, 7) is 1.69. The molecule has 1 aromatic carbocycles. The van der Waals surface area contributed by atoms with Crippen molar-refractivity contribution in [2.45, 2.75) is 19.8 Å². The number of carbonyl (C=O) groups excluding carboxylic acids is 1. The lowest BCUT2D eigenvalue weighted by Gasteiger charge is -2.04. The van der Waals surface area contributed by atoms with Gasteiger partial charge in [-0.25, -0.2) is 4.39 Å². The highest BCUT2D eigenvalue weighted by molar-refractivity contribution is 5.50. The van der Waals surface area contributed by atoms with Gasteiger partial charge in [0.2, 0.25) is 0 Å². The van der Waals surface area contributed by atoms with Crippen molar-refractivity contribution in [2.75, 3.05) is 0 Å². The second-order valence-electron chi connectivity index (χ2n) is 2.94. The molecule has 1 N–H and O–H groups in total. The number of aldehydes is 1. The monoisotopic (exact) mass is 182 g/mol. The molecule has 70 valence electrons. The Kier molecular flexibility index (Phi) is 3.01. The Bertz CT molecular complexity index is 321. The zero-order valence-corrected chi connectivity index (χ0v) is 7.38. The second kappa shape index (κ2) is 4.03. The van der Waals surface area contributed by atoms with Crippen LogP contribution in [0.3, 0.4) is 0 Å². The van der Waals surface area contributed by atoms with Gasteiger partial charge < -0.3 is 9.90 Å². The fraction of sp³-hybridized carbons (Fsp3) is 0.300. The van der Waals surface area contributed by atoms with Crippen molar-refractivity contribution >= 4 is 6.29 Å². The fourth-order valence-corrected chi connectivity index (χ4v) is 1.14. The van der Waals surface area contributed by atoms with Crippen LogP contribution in [0.25, 0.3) is 0 Å². The maximum Gasteiger partial charge on any atom is 0.130 e. The molecule has 0 saturated carbocycles. The van der Waals surface area contributed by atoms with Crippen molar-refractivity contribution in [1.29, 1.82) is 0 Å². The summed E-state index contributed by atoms with van der Waals surface area (Å²) in [6.07, 6.45) is 1.44. The summed E-state index contributed by atoms with van der Waals surface area (Å²) in [6, 6.07) is 2.64. The number of phenols is 1. The Morgan fingerprint density at radius 2 is 2.23 bits per heavy atom. The molecule has 0 spiro atoms. The summed E-state index contributed by atoms with van der Waals surface area (Å²) in [7, 11) is 0. The number of rotatable bonds is 3. The Morgan fingerprint density at radius 3 is 2.85 bits per heavy atom. The van der Waals surface area contributed by atoms with E-state index in [2.05, 4.69) is 0 Å². The Morgan fingerprint density at radius 1 is 1.54 bits per heavy atom. The molecule has 0 bridgehead atoms. The molecule has 0 fully saturated rings. The van der Waals surface area contributed by atoms with Crippen LogP contribution in [0, 0.1) is 12.7 Å². The third-order valence-electron chi connectivity index (χ3n) is 1.90. The minimum absolute atomic E-state index is 0.0487. The Hall–Kier alpha value is -1.38. The molecule has 0 saturated heterocycles. The van der Waals surface area contributed by atoms with E-state index in [1.54, 1.807) is 13.0 Å². The predicted molar refractivity (Wildman–Crippen MR) is 47.2 cm³/mol.